The molecule has 2 aliphatic heterocycles. The van der Waals surface area contributed by atoms with Crippen LogP contribution in [0.15, 0.2) is 52.6 Å². The van der Waals surface area contributed by atoms with Gasteiger partial charge in [0.1, 0.15) is 17.2 Å². The molecule has 2 saturated carbocycles. The summed E-state index contributed by atoms with van der Waals surface area (Å²) in [6.07, 6.45) is 4.42. The molecule has 0 unspecified atom stereocenters. The Morgan fingerprint density at radius 3 is 2.55 bits per heavy atom. The Bertz CT molecular complexity index is 1540. The summed E-state index contributed by atoms with van der Waals surface area (Å²) in [6, 6.07) is 12.8. The number of amides is 1. The average Bonchev–Trinajstić information content (AvgIpc) is 3.71. The summed E-state index contributed by atoms with van der Waals surface area (Å²) in [5.74, 6) is 0.905. The molecule has 3 fully saturated rings. The molecule has 0 radical (unpaired) electrons. The van der Waals surface area contributed by atoms with Crippen molar-refractivity contribution < 1.29 is 27.2 Å². The summed E-state index contributed by atoms with van der Waals surface area (Å²) in [4.78, 5) is 16.2. The van der Waals surface area contributed by atoms with Gasteiger partial charge in [-0.25, -0.2) is 0 Å². The van der Waals surface area contributed by atoms with Crippen molar-refractivity contribution in [3.05, 3.63) is 70.5 Å². The van der Waals surface area contributed by atoms with Crippen LogP contribution in [-0.4, -0.2) is 42.0 Å². The molecule has 3 aromatic rings. The molecule has 1 spiro atoms. The van der Waals surface area contributed by atoms with E-state index in [2.05, 4.69) is 39.1 Å². The maximum atomic E-state index is 13.1. The average molecular weight is 578 g/mol. The first-order valence-electron chi connectivity index (χ1n) is 14.8. The third-order valence-electron chi connectivity index (χ3n) is 9.46. The number of ether oxygens (including phenoxy) is 1. The van der Waals surface area contributed by atoms with Gasteiger partial charge in [0.2, 0.25) is 5.91 Å². The monoisotopic (exact) mass is 577 g/mol. The zero-order valence-corrected chi connectivity index (χ0v) is 23.7. The number of carbonyl (C=O) groups excluding carboxylic acids is 1. The lowest BCUT2D eigenvalue weighted by Crippen LogP contribution is -2.44. The van der Waals surface area contributed by atoms with Gasteiger partial charge in [-0.05, 0) is 91.8 Å². The molecule has 1 aromatic heterocycles. The third-order valence-corrected chi connectivity index (χ3v) is 9.46. The molecule has 7 rings (SSSR count). The van der Waals surface area contributed by atoms with E-state index in [-0.39, 0.29) is 23.0 Å². The van der Waals surface area contributed by atoms with Crippen molar-refractivity contribution >= 4 is 17.7 Å². The Balaban J connectivity index is 1.05. The molecule has 2 aromatic carbocycles. The van der Waals surface area contributed by atoms with Gasteiger partial charge in [0.25, 0.3) is 0 Å². The predicted molar refractivity (Wildman–Crippen MR) is 153 cm³/mol. The summed E-state index contributed by atoms with van der Waals surface area (Å²) < 4.78 is 49.4. The summed E-state index contributed by atoms with van der Waals surface area (Å²) in [5.41, 5.74) is 6.93. The van der Waals surface area contributed by atoms with Gasteiger partial charge in [-0.3, -0.25) is 4.79 Å². The lowest BCUT2D eigenvalue weighted by Gasteiger charge is -2.50. The minimum Gasteiger partial charge on any atom is -0.405 e. The van der Waals surface area contributed by atoms with E-state index >= 15 is 0 Å². The van der Waals surface area contributed by atoms with Crippen LogP contribution < -0.4 is 9.64 Å². The molecule has 220 valence electrons. The van der Waals surface area contributed by atoms with E-state index in [0.717, 1.165) is 75.9 Å². The predicted octanol–water partition coefficient (Wildman–Crippen LogP) is 7.49. The maximum Gasteiger partial charge on any atom is 0.573 e. The minimum absolute atomic E-state index is 0.129. The number of hydrogen-bond acceptors (Lipinski definition) is 5. The van der Waals surface area contributed by atoms with E-state index in [0.29, 0.717) is 17.8 Å². The molecule has 3 heterocycles. The molecule has 2 aliphatic carbocycles. The molecule has 42 heavy (non-hydrogen) atoms. The van der Waals surface area contributed by atoms with Gasteiger partial charge in [0.15, 0.2) is 0 Å². The number of nitrogens with zero attached hydrogens (tertiary/aromatic N) is 3. The SMILES string of the molecule is CC(=O)N1CCc2cc(N3CCC4(CC3)CC(=Cc3c(-c5ccccc5OC(F)(F)F)noc3C3CC3)C4)ccc2C1. The summed E-state index contributed by atoms with van der Waals surface area (Å²) in [6.45, 7) is 5.11. The van der Waals surface area contributed by atoms with Gasteiger partial charge in [-0.1, -0.05) is 28.9 Å². The molecular weight excluding hydrogens is 543 g/mol. The van der Waals surface area contributed by atoms with E-state index in [1.807, 2.05) is 4.90 Å². The number of fused-ring (bicyclic) bond motifs is 1. The van der Waals surface area contributed by atoms with Gasteiger partial charge in [-0.2, -0.15) is 0 Å². The zero-order valence-electron chi connectivity index (χ0n) is 23.7. The summed E-state index contributed by atoms with van der Waals surface area (Å²) >= 11 is 0. The van der Waals surface area contributed by atoms with Gasteiger partial charge in [-0.15, -0.1) is 13.2 Å². The molecule has 0 bridgehead atoms. The van der Waals surface area contributed by atoms with Crippen LogP contribution in [-0.2, 0) is 17.8 Å². The van der Waals surface area contributed by atoms with Crippen molar-refractivity contribution in [2.24, 2.45) is 5.41 Å². The molecule has 1 saturated heterocycles. The number of halogens is 3. The zero-order chi connectivity index (χ0) is 29.1. The second-order valence-corrected chi connectivity index (χ2v) is 12.4. The van der Waals surface area contributed by atoms with Crippen molar-refractivity contribution in [3.8, 4) is 17.0 Å². The first-order chi connectivity index (χ1) is 20.2. The normalized spacial score (nSPS) is 19.9. The Morgan fingerprint density at radius 1 is 1.07 bits per heavy atom. The lowest BCUT2D eigenvalue weighted by atomic mass is 9.60. The van der Waals surface area contributed by atoms with Gasteiger partial charge >= 0.3 is 6.36 Å². The van der Waals surface area contributed by atoms with Crippen LogP contribution in [0.25, 0.3) is 17.3 Å². The second-order valence-electron chi connectivity index (χ2n) is 12.4. The second kappa shape index (κ2) is 10.2. The number of piperidine rings is 1. The standard InChI is InChI=1S/C33H34F3N3O3/c1-21(40)39-13-10-24-17-26(9-8-25(24)20-39)38-14-11-32(12-15-38)18-22(19-32)16-28-30(37-42-31(28)23-6-7-23)27-4-2-3-5-29(27)41-33(34,35)36/h2-5,8-9,16-17,23H,6-7,10-15,18-20H2,1H3. The first-order valence-corrected chi connectivity index (χ1v) is 14.8. The van der Waals surface area contributed by atoms with E-state index in [1.54, 1.807) is 19.1 Å². The molecule has 0 atom stereocenters. The maximum absolute atomic E-state index is 13.1. The third kappa shape index (κ3) is 5.29. The van der Waals surface area contributed by atoms with Gasteiger partial charge in [0.05, 0.1) is 0 Å². The number of hydrogen-bond donors (Lipinski definition) is 0. The molecule has 4 aliphatic rings. The van der Waals surface area contributed by atoms with Crippen molar-refractivity contribution in [2.45, 2.75) is 70.7 Å². The highest BCUT2D eigenvalue weighted by Crippen LogP contribution is 2.54. The summed E-state index contributed by atoms with van der Waals surface area (Å²) in [5, 5.41) is 4.25. The van der Waals surface area contributed by atoms with Crippen molar-refractivity contribution in [1.82, 2.24) is 10.1 Å². The number of benzene rings is 2. The number of rotatable bonds is 5. The van der Waals surface area contributed by atoms with Crippen LogP contribution in [0.2, 0.25) is 0 Å². The summed E-state index contributed by atoms with van der Waals surface area (Å²) in [7, 11) is 0. The topological polar surface area (TPSA) is 58.8 Å². The van der Waals surface area contributed by atoms with Crippen molar-refractivity contribution in [3.63, 3.8) is 0 Å². The smallest absolute Gasteiger partial charge is 0.405 e. The molecular formula is C33H34F3N3O3. The van der Waals surface area contributed by atoms with Gasteiger partial charge in [0, 0.05) is 55.8 Å². The van der Waals surface area contributed by atoms with E-state index < -0.39 is 6.36 Å². The van der Waals surface area contributed by atoms with Crippen LogP contribution in [0.1, 0.15) is 73.8 Å². The number of alkyl halides is 3. The number of carbonyl (C=O) groups is 1. The number of aromatic nitrogens is 1. The Hall–Kier alpha value is -3.75. The molecule has 9 heteroatoms. The minimum atomic E-state index is -4.79. The van der Waals surface area contributed by atoms with Crippen molar-refractivity contribution in [2.75, 3.05) is 24.5 Å². The van der Waals surface area contributed by atoms with Crippen LogP contribution in [0.4, 0.5) is 18.9 Å². The molecule has 1 amide bonds. The Labute approximate surface area is 243 Å². The fraction of sp³-hybridized carbons (Fsp3) is 0.455. The molecule has 6 nitrogen and oxygen atoms in total. The quantitative estimate of drug-likeness (QED) is 0.315. The highest BCUT2D eigenvalue weighted by atomic mass is 19.4. The fourth-order valence-electron chi connectivity index (χ4n) is 6.97. The van der Waals surface area contributed by atoms with Gasteiger partial charge < -0.3 is 19.1 Å². The Kier molecular flexibility index (Phi) is 6.59. The highest BCUT2D eigenvalue weighted by Gasteiger charge is 2.43. The number of anilines is 1. The number of allylic oxidation sites excluding steroid dienone is 1. The first kappa shape index (κ1) is 27.1. The van der Waals surface area contributed by atoms with Crippen molar-refractivity contribution in [1.29, 1.82) is 0 Å². The van der Waals surface area contributed by atoms with E-state index in [1.165, 1.54) is 34.5 Å². The van der Waals surface area contributed by atoms with Crippen LogP contribution >= 0.6 is 0 Å². The Morgan fingerprint density at radius 2 is 1.83 bits per heavy atom. The van der Waals surface area contributed by atoms with E-state index in [4.69, 9.17) is 4.52 Å². The largest absolute Gasteiger partial charge is 0.573 e. The fourth-order valence-corrected chi connectivity index (χ4v) is 6.97. The molecule has 0 N–H and O–H groups in total. The van der Waals surface area contributed by atoms with Crippen LogP contribution in [0.5, 0.6) is 5.75 Å². The van der Waals surface area contributed by atoms with E-state index in [9.17, 15) is 18.0 Å². The number of para-hydroxylation sites is 1. The lowest BCUT2D eigenvalue weighted by molar-refractivity contribution is -0.274. The van der Waals surface area contributed by atoms with Crippen LogP contribution in [0, 0.1) is 5.41 Å². The van der Waals surface area contributed by atoms with Crippen LogP contribution in [0.3, 0.4) is 0 Å². The highest BCUT2D eigenvalue weighted by molar-refractivity contribution is 5.78.